The van der Waals surface area contributed by atoms with E-state index in [1.165, 1.54) is 0 Å². The lowest BCUT2D eigenvalue weighted by Gasteiger charge is -2.24. The number of para-hydroxylation sites is 1. The van der Waals surface area contributed by atoms with Gasteiger partial charge in [0.05, 0.1) is 23.4 Å². The standard InChI is InChI=1S/C22H31N3O3/c1-8-24(18-13-11-10-12-16(18)21(27)28-9-2)20(26)17-14-19(15(3)4)25(23-17)22(5,6)7/h10-15H,8-9H2,1-7H3. The Balaban J connectivity index is 2.50. The molecule has 6 nitrogen and oxygen atoms in total. The summed E-state index contributed by atoms with van der Waals surface area (Å²) in [6, 6.07) is 8.86. The number of carbonyl (C=O) groups is 2. The molecule has 0 aliphatic carbocycles. The Bertz CT molecular complexity index is 847. The summed E-state index contributed by atoms with van der Waals surface area (Å²) < 4.78 is 7.06. The molecule has 0 fully saturated rings. The molecule has 1 amide bonds. The number of aromatic nitrogens is 2. The molecule has 1 aromatic carbocycles. The van der Waals surface area contributed by atoms with Gasteiger partial charge in [-0.1, -0.05) is 26.0 Å². The molecule has 0 atom stereocenters. The lowest BCUT2D eigenvalue weighted by atomic mass is 10.1. The van der Waals surface area contributed by atoms with Gasteiger partial charge in [0.15, 0.2) is 5.69 Å². The molecular weight excluding hydrogens is 354 g/mol. The second-order valence-electron chi connectivity index (χ2n) is 7.98. The summed E-state index contributed by atoms with van der Waals surface area (Å²) in [5.74, 6) is -0.438. The van der Waals surface area contributed by atoms with Crippen molar-refractivity contribution in [3.63, 3.8) is 0 Å². The number of benzene rings is 1. The van der Waals surface area contributed by atoms with Gasteiger partial charge in [0.2, 0.25) is 0 Å². The van der Waals surface area contributed by atoms with E-state index in [4.69, 9.17) is 4.74 Å². The Morgan fingerprint density at radius 2 is 1.82 bits per heavy atom. The van der Waals surface area contributed by atoms with Crippen LogP contribution in [0.3, 0.4) is 0 Å². The molecule has 1 aromatic heterocycles. The number of hydrogen-bond acceptors (Lipinski definition) is 4. The molecule has 1 heterocycles. The van der Waals surface area contributed by atoms with E-state index < -0.39 is 5.97 Å². The van der Waals surface area contributed by atoms with Gasteiger partial charge in [0.25, 0.3) is 5.91 Å². The van der Waals surface area contributed by atoms with Crippen LogP contribution in [0, 0.1) is 0 Å². The fourth-order valence-electron chi connectivity index (χ4n) is 3.10. The highest BCUT2D eigenvalue weighted by Gasteiger charge is 2.28. The molecule has 0 unspecified atom stereocenters. The van der Waals surface area contributed by atoms with Crippen molar-refractivity contribution in [1.29, 1.82) is 0 Å². The summed E-state index contributed by atoms with van der Waals surface area (Å²) in [6.45, 7) is 14.7. The predicted molar refractivity (Wildman–Crippen MR) is 111 cm³/mol. The molecule has 0 aliphatic rings. The quantitative estimate of drug-likeness (QED) is 0.682. The first-order chi connectivity index (χ1) is 13.1. The Morgan fingerprint density at radius 1 is 1.18 bits per heavy atom. The second kappa shape index (κ2) is 8.59. The van der Waals surface area contributed by atoms with E-state index in [2.05, 4.69) is 39.7 Å². The van der Waals surface area contributed by atoms with Crippen LogP contribution in [0.25, 0.3) is 0 Å². The zero-order valence-electron chi connectivity index (χ0n) is 17.9. The zero-order chi connectivity index (χ0) is 21.1. The first kappa shape index (κ1) is 21.7. The van der Waals surface area contributed by atoms with Crippen molar-refractivity contribution >= 4 is 17.6 Å². The van der Waals surface area contributed by atoms with Gasteiger partial charge in [0.1, 0.15) is 0 Å². The topological polar surface area (TPSA) is 64.4 Å². The molecule has 2 rings (SSSR count). The third-order valence-corrected chi connectivity index (χ3v) is 4.43. The van der Waals surface area contributed by atoms with Crippen LogP contribution < -0.4 is 4.90 Å². The van der Waals surface area contributed by atoms with Crippen LogP contribution in [0.5, 0.6) is 0 Å². The number of carbonyl (C=O) groups excluding carboxylic acids is 2. The van der Waals surface area contributed by atoms with Crippen LogP contribution in [-0.4, -0.2) is 34.8 Å². The highest BCUT2D eigenvalue weighted by Crippen LogP contribution is 2.27. The average Bonchev–Trinajstić information content (AvgIpc) is 3.09. The number of rotatable bonds is 6. The number of anilines is 1. The summed E-state index contributed by atoms with van der Waals surface area (Å²) in [4.78, 5) is 27.2. The Hall–Kier alpha value is -2.63. The number of nitrogens with zero attached hydrogens (tertiary/aromatic N) is 3. The normalized spacial score (nSPS) is 11.6. The maximum Gasteiger partial charge on any atom is 0.340 e. The highest BCUT2D eigenvalue weighted by atomic mass is 16.5. The number of amides is 1. The fraction of sp³-hybridized carbons (Fsp3) is 0.500. The van der Waals surface area contributed by atoms with Gasteiger partial charge in [0, 0.05) is 12.2 Å². The largest absolute Gasteiger partial charge is 0.462 e. The molecule has 152 valence electrons. The third kappa shape index (κ3) is 4.43. The molecule has 0 aliphatic heterocycles. The van der Waals surface area contributed by atoms with Gasteiger partial charge >= 0.3 is 5.97 Å². The van der Waals surface area contributed by atoms with E-state index in [1.54, 1.807) is 36.1 Å². The molecule has 6 heteroatoms. The van der Waals surface area contributed by atoms with Crippen molar-refractivity contribution in [2.45, 2.75) is 59.9 Å². The van der Waals surface area contributed by atoms with Gasteiger partial charge in [-0.15, -0.1) is 0 Å². The van der Waals surface area contributed by atoms with E-state index >= 15 is 0 Å². The molecule has 0 bridgehead atoms. The number of ether oxygens (including phenoxy) is 1. The van der Waals surface area contributed by atoms with Gasteiger partial charge in [-0.2, -0.15) is 5.10 Å². The number of esters is 1. The van der Waals surface area contributed by atoms with Crippen molar-refractivity contribution < 1.29 is 14.3 Å². The minimum atomic E-state index is -0.438. The Morgan fingerprint density at radius 3 is 2.32 bits per heavy atom. The highest BCUT2D eigenvalue weighted by molar-refractivity contribution is 6.08. The van der Waals surface area contributed by atoms with E-state index in [1.807, 2.05) is 17.7 Å². The Kier molecular flexibility index (Phi) is 6.65. The smallest absolute Gasteiger partial charge is 0.340 e. The Labute approximate surface area is 167 Å². The second-order valence-corrected chi connectivity index (χ2v) is 7.98. The van der Waals surface area contributed by atoms with Gasteiger partial charge in [-0.05, 0) is 58.7 Å². The molecule has 2 aromatic rings. The summed E-state index contributed by atoms with van der Waals surface area (Å²) in [7, 11) is 0. The minimum Gasteiger partial charge on any atom is -0.462 e. The third-order valence-electron chi connectivity index (χ3n) is 4.43. The summed E-state index contributed by atoms with van der Waals surface area (Å²) in [5.41, 5.74) is 2.05. The summed E-state index contributed by atoms with van der Waals surface area (Å²) in [5, 5.41) is 4.62. The van der Waals surface area contributed by atoms with Crippen molar-refractivity contribution in [3.8, 4) is 0 Å². The van der Waals surface area contributed by atoms with Crippen LogP contribution >= 0.6 is 0 Å². The van der Waals surface area contributed by atoms with E-state index in [0.29, 0.717) is 23.5 Å². The zero-order valence-corrected chi connectivity index (χ0v) is 17.9. The van der Waals surface area contributed by atoms with Crippen LogP contribution in [0.4, 0.5) is 5.69 Å². The van der Waals surface area contributed by atoms with Crippen molar-refractivity contribution in [2.24, 2.45) is 0 Å². The van der Waals surface area contributed by atoms with Crippen molar-refractivity contribution in [1.82, 2.24) is 9.78 Å². The lowest BCUT2D eigenvalue weighted by molar-refractivity contribution is 0.0527. The maximum absolute atomic E-state index is 13.3. The monoisotopic (exact) mass is 385 g/mol. The molecule has 0 spiro atoms. The van der Waals surface area contributed by atoms with Crippen LogP contribution in [0.2, 0.25) is 0 Å². The van der Waals surface area contributed by atoms with E-state index in [9.17, 15) is 9.59 Å². The molecule has 0 radical (unpaired) electrons. The van der Waals surface area contributed by atoms with Crippen LogP contribution in [-0.2, 0) is 10.3 Å². The molecule has 0 saturated carbocycles. The minimum absolute atomic E-state index is 0.232. The lowest BCUT2D eigenvalue weighted by Crippen LogP contribution is -2.33. The van der Waals surface area contributed by atoms with Crippen LogP contribution in [0.1, 0.15) is 80.9 Å². The van der Waals surface area contributed by atoms with Crippen molar-refractivity contribution in [3.05, 3.63) is 47.3 Å². The first-order valence-electron chi connectivity index (χ1n) is 9.80. The molecule has 0 saturated heterocycles. The molecule has 28 heavy (non-hydrogen) atoms. The maximum atomic E-state index is 13.3. The first-order valence-corrected chi connectivity index (χ1v) is 9.80. The van der Waals surface area contributed by atoms with Gasteiger partial charge in [-0.25, -0.2) is 4.79 Å². The molecular formula is C22H31N3O3. The summed E-state index contributed by atoms with van der Waals surface area (Å²) >= 11 is 0. The van der Waals surface area contributed by atoms with Crippen molar-refractivity contribution in [2.75, 3.05) is 18.1 Å². The van der Waals surface area contributed by atoms with E-state index in [-0.39, 0.29) is 24.0 Å². The fourth-order valence-corrected chi connectivity index (χ4v) is 3.10. The average molecular weight is 386 g/mol. The van der Waals surface area contributed by atoms with Gasteiger partial charge in [-0.3, -0.25) is 9.48 Å². The van der Waals surface area contributed by atoms with Crippen LogP contribution in [0.15, 0.2) is 30.3 Å². The predicted octanol–water partition coefficient (Wildman–Crippen LogP) is 4.60. The SMILES string of the molecule is CCOC(=O)c1ccccc1N(CC)C(=O)c1cc(C(C)C)n(C(C)(C)C)n1. The van der Waals surface area contributed by atoms with E-state index in [0.717, 1.165) is 5.69 Å². The van der Waals surface area contributed by atoms with Gasteiger partial charge < -0.3 is 9.64 Å². The summed E-state index contributed by atoms with van der Waals surface area (Å²) in [6.07, 6.45) is 0. The molecule has 0 N–H and O–H groups in total. The number of hydrogen-bond donors (Lipinski definition) is 0.